The maximum atomic E-state index is 12.6. The maximum Gasteiger partial charge on any atom is 0.326 e. The van der Waals surface area contributed by atoms with Crippen LogP contribution in [0.15, 0.2) is 23.3 Å². The lowest BCUT2D eigenvalue weighted by Crippen LogP contribution is -2.48. The van der Waals surface area contributed by atoms with Crippen LogP contribution in [0.2, 0.25) is 0 Å². The Kier molecular flexibility index (Phi) is 3.33. The highest BCUT2D eigenvalue weighted by atomic mass is 16.2. The van der Waals surface area contributed by atoms with Crippen LogP contribution in [0.5, 0.6) is 0 Å². The van der Waals surface area contributed by atoms with Crippen molar-refractivity contribution in [3.63, 3.8) is 0 Å². The number of fused-ring (bicyclic) bond motifs is 3. The third-order valence-corrected chi connectivity index (χ3v) is 5.01. The molecule has 0 radical (unpaired) electrons. The standard InChI is InChI=1S/C16H20N6O2/c1-9-4-6-21(15(23)17-2)8-12(9)22-13-10-3-5-18-14(10)19-7-11(13)20-16(22)24/h3,5,7,9,12H,4,6,8H2,1-2H3,(H,17,23)(H,18,19)(H,20,24). The van der Waals surface area contributed by atoms with Gasteiger partial charge in [-0.05, 0) is 18.4 Å². The molecule has 0 aliphatic carbocycles. The number of aromatic nitrogens is 4. The van der Waals surface area contributed by atoms with Crippen LogP contribution >= 0.6 is 0 Å². The van der Waals surface area contributed by atoms with Gasteiger partial charge in [0.2, 0.25) is 0 Å². The molecule has 2 unspecified atom stereocenters. The molecule has 0 spiro atoms. The summed E-state index contributed by atoms with van der Waals surface area (Å²) in [6, 6.07) is 1.75. The summed E-state index contributed by atoms with van der Waals surface area (Å²) < 4.78 is 1.80. The molecule has 0 saturated carbocycles. The van der Waals surface area contributed by atoms with E-state index in [0.717, 1.165) is 28.5 Å². The molecule has 3 aromatic heterocycles. The molecule has 2 atom stereocenters. The Morgan fingerprint density at radius 2 is 2.29 bits per heavy atom. The molecule has 4 rings (SSSR count). The summed E-state index contributed by atoms with van der Waals surface area (Å²) >= 11 is 0. The van der Waals surface area contributed by atoms with Gasteiger partial charge >= 0.3 is 11.7 Å². The maximum absolute atomic E-state index is 12.6. The van der Waals surface area contributed by atoms with Gasteiger partial charge in [0.25, 0.3) is 0 Å². The number of likely N-dealkylation sites (tertiary alicyclic amines) is 1. The van der Waals surface area contributed by atoms with Gasteiger partial charge in [0, 0.05) is 31.7 Å². The number of imidazole rings is 1. The van der Waals surface area contributed by atoms with Gasteiger partial charge < -0.3 is 20.2 Å². The van der Waals surface area contributed by atoms with Crippen molar-refractivity contribution in [3.05, 3.63) is 28.9 Å². The molecule has 4 heterocycles. The van der Waals surface area contributed by atoms with Gasteiger partial charge in [0.15, 0.2) is 0 Å². The fourth-order valence-corrected chi connectivity index (χ4v) is 3.67. The van der Waals surface area contributed by atoms with E-state index in [-0.39, 0.29) is 17.8 Å². The lowest BCUT2D eigenvalue weighted by molar-refractivity contribution is 0.142. The van der Waals surface area contributed by atoms with E-state index in [1.807, 2.05) is 12.3 Å². The van der Waals surface area contributed by atoms with Gasteiger partial charge in [0.1, 0.15) is 5.65 Å². The Morgan fingerprint density at radius 3 is 3.08 bits per heavy atom. The van der Waals surface area contributed by atoms with Crippen LogP contribution in [-0.2, 0) is 0 Å². The van der Waals surface area contributed by atoms with Crippen LogP contribution in [-0.4, -0.2) is 50.6 Å². The number of H-pyrrole nitrogens is 2. The number of piperidine rings is 1. The molecule has 1 saturated heterocycles. The monoisotopic (exact) mass is 328 g/mol. The van der Waals surface area contributed by atoms with Crippen LogP contribution in [0.25, 0.3) is 22.1 Å². The predicted octanol–water partition coefficient (Wildman–Crippen LogP) is 1.43. The lowest BCUT2D eigenvalue weighted by Gasteiger charge is -2.37. The zero-order valence-electron chi connectivity index (χ0n) is 13.7. The van der Waals surface area contributed by atoms with E-state index in [1.165, 1.54) is 0 Å². The van der Waals surface area contributed by atoms with Crippen molar-refractivity contribution in [2.75, 3.05) is 20.1 Å². The number of aromatic amines is 2. The first kappa shape index (κ1) is 14.8. The van der Waals surface area contributed by atoms with Crippen molar-refractivity contribution in [2.24, 2.45) is 5.92 Å². The van der Waals surface area contributed by atoms with Crippen LogP contribution in [0.4, 0.5) is 4.79 Å². The van der Waals surface area contributed by atoms with E-state index in [9.17, 15) is 9.59 Å². The van der Waals surface area contributed by atoms with E-state index in [2.05, 4.69) is 27.2 Å². The van der Waals surface area contributed by atoms with Crippen molar-refractivity contribution >= 4 is 28.1 Å². The van der Waals surface area contributed by atoms with Crippen LogP contribution in [0.3, 0.4) is 0 Å². The van der Waals surface area contributed by atoms with E-state index < -0.39 is 0 Å². The fraction of sp³-hybridized carbons (Fsp3) is 0.438. The number of urea groups is 1. The van der Waals surface area contributed by atoms with Gasteiger partial charge in [-0.1, -0.05) is 6.92 Å². The molecule has 3 N–H and O–H groups in total. The summed E-state index contributed by atoms with van der Waals surface area (Å²) in [5.74, 6) is 0.296. The van der Waals surface area contributed by atoms with Crippen LogP contribution in [0.1, 0.15) is 19.4 Å². The Labute approximate surface area is 137 Å². The highest BCUT2D eigenvalue weighted by Gasteiger charge is 2.32. The smallest absolute Gasteiger partial charge is 0.326 e. The Bertz CT molecular complexity index is 968. The molecule has 1 fully saturated rings. The molecular formula is C16H20N6O2. The first-order valence-corrected chi connectivity index (χ1v) is 8.13. The van der Waals surface area contributed by atoms with Gasteiger partial charge in [-0.2, -0.15) is 0 Å². The zero-order chi connectivity index (χ0) is 16.8. The second-order valence-corrected chi connectivity index (χ2v) is 6.40. The number of amides is 2. The van der Waals surface area contributed by atoms with Crippen molar-refractivity contribution in [1.29, 1.82) is 0 Å². The second-order valence-electron chi connectivity index (χ2n) is 6.40. The predicted molar refractivity (Wildman–Crippen MR) is 91.1 cm³/mol. The summed E-state index contributed by atoms with van der Waals surface area (Å²) in [6.07, 6.45) is 4.36. The number of rotatable bonds is 1. The Balaban J connectivity index is 1.88. The largest absolute Gasteiger partial charge is 0.346 e. The minimum Gasteiger partial charge on any atom is -0.346 e. The Hall–Kier alpha value is -2.77. The molecule has 2 amide bonds. The average Bonchev–Trinajstić information content (AvgIpc) is 3.17. The van der Waals surface area contributed by atoms with Gasteiger partial charge in [-0.25, -0.2) is 14.6 Å². The molecule has 1 aliphatic rings. The molecule has 24 heavy (non-hydrogen) atoms. The highest BCUT2D eigenvalue weighted by molar-refractivity contribution is 6.00. The van der Waals surface area contributed by atoms with Crippen molar-refractivity contribution in [2.45, 2.75) is 19.4 Å². The Morgan fingerprint density at radius 1 is 1.46 bits per heavy atom. The molecule has 8 nitrogen and oxygen atoms in total. The number of carbonyl (C=O) groups excluding carboxylic acids is 1. The van der Waals surface area contributed by atoms with E-state index >= 15 is 0 Å². The summed E-state index contributed by atoms with van der Waals surface area (Å²) in [6.45, 7) is 3.35. The summed E-state index contributed by atoms with van der Waals surface area (Å²) in [5.41, 5.74) is 2.16. The van der Waals surface area contributed by atoms with Crippen molar-refractivity contribution in [1.82, 2.24) is 29.7 Å². The number of hydrogen-bond donors (Lipinski definition) is 3. The minimum absolute atomic E-state index is 0.0715. The highest BCUT2D eigenvalue weighted by Crippen LogP contribution is 2.31. The number of nitrogens with one attached hydrogen (secondary N) is 3. The molecule has 3 aromatic rings. The quantitative estimate of drug-likeness (QED) is 0.630. The zero-order valence-corrected chi connectivity index (χ0v) is 13.7. The van der Waals surface area contributed by atoms with E-state index in [0.29, 0.717) is 19.0 Å². The van der Waals surface area contributed by atoms with Gasteiger partial charge in [-0.15, -0.1) is 0 Å². The third-order valence-electron chi connectivity index (χ3n) is 5.01. The average molecular weight is 328 g/mol. The number of pyridine rings is 1. The number of carbonyl (C=O) groups is 1. The SMILES string of the molecule is CNC(=O)N1CCC(C)C(n2c(=O)[nH]c3cnc4[nH]ccc4c32)C1. The van der Waals surface area contributed by atoms with E-state index in [4.69, 9.17) is 0 Å². The van der Waals surface area contributed by atoms with E-state index in [1.54, 1.807) is 22.7 Å². The van der Waals surface area contributed by atoms with Crippen molar-refractivity contribution < 1.29 is 4.79 Å². The summed E-state index contributed by atoms with van der Waals surface area (Å²) in [4.78, 5) is 36.7. The molecule has 1 aliphatic heterocycles. The molecule has 0 aromatic carbocycles. The molecular weight excluding hydrogens is 308 g/mol. The topological polar surface area (TPSA) is 98.8 Å². The first-order chi connectivity index (χ1) is 11.6. The summed E-state index contributed by atoms with van der Waals surface area (Å²) in [5, 5.41) is 3.58. The fourth-order valence-electron chi connectivity index (χ4n) is 3.67. The van der Waals surface area contributed by atoms with Gasteiger partial charge in [-0.3, -0.25) is 4.57 Å². The molecule has 8 heteroatoms. The number of nitrogens with zero attached hydrogens (tertiary/aromatic N) is 3. The normalized spacial score (nSPS) is 21.5. The van der Waals surface area contributed by atoms with Crippen LogP contribution < -0.4 is 11.0 Å². The van der Waals surface area contributed by atoms with Crippen molar-refractivity contribution in [3.8, 4) is 0 Å². The first-order valence-electron chi connectivity index (χ1n) is 8.13. The van der Waals surface area contributed by atoms with Gasteiger partial charge in [0.05, 0.1) is 23.3 Å². The lowest BCUT2D eigenvalue weighted by atomic mass is 9.93. The number of hydrogen-bond acceptors (Lipinski definition) is 3. The third kappa shape index (κ3) is 2.10. The second kappa shape index (κ2) is 5.40. The van der Waals surface area contributed by atoms with Crippen LogP contribution in [0, 0.1) is 5.92 Å². The molecule has 126 valence electrons. The molecule has 0 bridgehead atoms. The minimum atomic E-state index is -0.156. The summed E-state index contributed by atoms with van der Waals surface area (Å²) in [7, 11) is 1.63.